The zero-order valence-corrected chi connectivity index (χ0v) is 16.8. The van der Waals surface area contributed by atoms with Crippen LogP contribution in [0.3, 0.4) is 0 Å². The summed E-state index contributed by atoms with van der Waals surface area (Å²) in [6, 6.07) is 2.40. The predicted octanol–water partition coefficient (Wildman–Crippen LogP) is 3.95. The molecule has 15 heteroatoms. The van der Waals surface area contributed by atoms with E-state index in [0.29, 0.717) is 0 Å². The molecule has 0 saturated carbocycles. The van der Waals surface area contributed by atoms with Gasteiger partial charge in [-0.25, -0.2) is 9.59 Å². The fourth-order valence-corrected chi connectivity index (χ4v) is 2.81. The second-order valence-corrected chi connectivity index (χ2v) is 6.68. The molecule has 0 amide bonds. The van der Waals surface area contributed by atoms with E-state index in [2.05, 4.69) is 19.0 Å². The number of rotatable bonds is 7. The van der Waals surface area contributed by atoms with Crippen molar-refractivity contribution in [2.45, 2.75) is 25.3 Å². The molecule has 0 aromatic heterocycles. The quantitative estimate of drug-likeness (QED) is 0.242. The van der Waals surface area contributed by atoms with E-state index in [4.69, 9.17) is 27.9 Å². The van der Waals surface area contributed by atoms with Crippen LogP contribution in [0.1, 0.15) is 12.5 Å². The molecule has 0 aliphatic carbocycles. The molecule has 170 valence electrons. The normalized spacial score (nSPS) is 16.2. The van der Waals surface area contributed by atoms with E-state index in [1.165, 1.54) is 19.1 Å². The van der Waals surface area contributed by atoms with Crippen molar-refractivity contribution in [2.75, 3.05) is 13.4 Å². The highest BCUT2D eigenvalue weighted by Crippen LogP contribution is 2.42. The molecule has 0 radical (unpaired) electrons. The fourth-order valence-electron chi connectivity index (χ4n) is 2.26. The van der Waals surface area contributed by atoms with Crippen molar-refractivity contribution in [3.8, 4) is 5.75 Å². The van der Waals surface area contributed by atoms with E-state index in [0.717, 1.165) is 6.08 Å². The van der Waals surface area contributed by atoms with E-state index in [1.54, 1.807) is 0 Å². The molecule has 1 aliphatic rings. The van der Waals surface area contributed by atoms with Gasteiger partial charge in [0.2, 0.25) is 12.9 Å². The summed E-state index contributed by atoms with van der Waals surface area (Å²) in [7, 11) is 0. The molecule has 0 saturated heterocycles. The molecule has 31 heavy (non-hydrogen) atoms. The number of esters is 1. The van der Waals surface area contributed by atoms with E-state index in [-0.39, 0.29) is 21.4 Å². The average molecular weight is 490 g/mol. The maximum absolute atomic E-state index is 13.4. The molecule has 1 heterocycles. The lowest BCUT2D eigenvalue weighted by Crippen LogP contribution is -2.41. The second kappa shape index (κ2) is 9.92. The van der Waals surface area contributed by atoms with Gasteiger partial charge in [-0.05, 0) is 25.1 Å². The van der Waals surface area contributed by atoms with Crippen LogP contribution in [-0.4, -0.2) is 49.0 Å². The average Bonchev–Trinajstić information content (AvgIpc) is 2.64. The summed E-state index contributed by atoms with van der Waals surface area (Å²) in [4.78, 5) is 37.6. The first-order valence-electron chi connectivity index (χ1n) is 8.10. The van der Waals surface area contributed by atoms with Crippen LogP contribution in [-0.2, 0) is 23.8 Å². The van der Waals surface area contributed by atoms with Crippen LogP contribution >= 0.6 is 23.2 Å². The Morgan fingerprint density at radius 1 is 1.29 bits per heavy atom. The minimum atomic E-state index is -5.00. The number of carbonyl (C=O) groups is 2. The molecule has 1 aliphatic heterocycles. The first-order chi connectivity index (χ1) is 14.4. The van der Waals surface area contributed by atoms with Crippen molar-refractivity contribution in [3.05, 3.63) is 43.4 Å². The third-order valence-corrected chi connectivity index (χ3v) is 3.98. The zero-order valence-electron chi connectivity index (χ0n) is 15.3. The molecule has 0 N–H and O–H groups in total. The predicted molar refractivity (Wildman–Crippen MR) is 95.8 cm³/mol. The van der Waals surface area contributed by atoms with Crippen LogP contribution < -0.4 is 4.74 Å². The Hall–Kier alpha value is -2.93. The lowest BCUT2D eigenvalue weighted by molar-refractivity contribution is -0.759. The number of carbonyl (C=O) groups excluding carboxylic acids is 2. The highest BCUT2D eigenvalue weighted by Gasteiger charge is 2.49. The number of hydrogen-bond donors (Lipinski definition) is 0. The Morgan fingerprint density at radius 3 is 2.58 bits per heavy atom. The number of halogens is 5. The monoisotopic (exact) mass is 489 g/mol. The minimum absolute atomic E-state index is 0.00453. The van der Waals surface area contributed by atoms with Gasteiger partial charge in [-0.1, -0.05) is 23.2 Å². The molecule has 1 aromatic carbocycles. The molecule has 1 aromatic rings. The van der Waals surface area contributed by atoms with Gasteiger partial charge >= 0.3 is 18.3 Å². The molecule has 10 nitrogen and oxygen atoms in total. The van der Waals surface area contributed by atoms with Crippen LogP contribution in [0.5, 0.6) is 5.75 Å². The third kappa shape index (κ3) is 6.79. The maximum Gasteiger partial charge on any atom is 0.511 e. The van der Waals surface area contributed by atoms with Crippen LogP contribution in [0.4, 0.5) is 18.0 Å². The third-order valence-electron chi connectivity index (χ3n) is 3.48. The van der Waals surface area contributed by atoms with Crippen molar-refractivity contribution >= 4 is 41.4 Å². The van der Waals surface area contributed by atoms with Gasteiger partial charge in [-0.15, -0.1) is 10.1 Å². The zero-order chi connectivity index (χ0) is 23.3. The Morgan fingerprint density at radius 2 is 1.97 bits per heavy atom. The lowest BCUT2D eigenvalue weighted by Gasteiger charge is -2.28. The molecule has 0 spiro atoms. The molecular formula is C16H12Cl2F3NO9. The first-order valence-corrected chi connectivity index (χ1v) is 8.86. The standard InChI is InChI=1S/C16H12Cl2F3NO9/c1-7(5-29-22(25)26)30-15(24)28-6-27-14(23)10-3-8-2-9(17)4-11(18)12(8)31-13(10)16(19,20)21/h2-4,7,13H,5-6H2,1H3/t7-,13-/m0/s1. The van der Waals surface area contributed by atoms with Gasteiger partial charge in [0.25, 0.3) is 5.09 Å². The van der Waals surface area contributed by atoms with Gasteiger partial charge in [0, 0.05) is 10.6 Å². The smallest absolute Gasteiger partial charge is 0.474 e. The Kier molecular flexibility index (Phi) is 7.79. The largest absolute Gasteiger partial charge is 0.511 e. The van der Waals surface area contributed by atoms with Crippen LogP contribution in [0, 0.1) is 10.1 Å². The summed E-state index contributed by atoms with van der Waals surface area (Å²) in [6.45, 7) is -0.460. The van der Waals surface area contributed by atoms with E-state index >= 15 is 0 Å². The number of hydrogen-bond acceptors (Lipinski definition) is 9. The minimum Gasteiger partial charge on any atom is -0.474 e. The van der Waals surface area contributed by atoms with Gasteiger partial charge in [0.15, 0.2) is 0 Å². The Balaban J connectivity index is 2.04. The SMILES string of the molecule is C[C@@H](CO[N+](=O)[O-])OC(=O)OCOC(=O)C1=Cc2cc(Cl)cc(Cl)c2O[C@@H]1C(F)(F)F. The van der Waals surface area contributed by atoms with Crippen molar-refractivity contribution in [3.63, 3.8) is 0 Å². The first kappa shape index (κ1) is 24.3. The van der Waals surface area contributed by atoms with Gasteiger partial charge in [0.1, 0.15) is 18.5 Å². The Labute approximate surface area is 181 Å². The highest BCUT2D eigenvalue weighted by atomic mass is 35.5. The van der Waals surface area contributed by atoms with Crippen molar-refractivity contribution in [2.24, 2.45) is 0 Å². The summed E-state index contributed by atoms with van der Waals surface area (Å²) in [5, 5.41) is 8.83. The summed E-state index contributed by atoms with van der Waals surface area (Å²) in [5.74, 6) is -1.82. The van der Waals surface area contributed by atoms with Crippen molar-refractivity contribution < 1.29 is 51.6 Å². The van der Waals surface area contributed by atoms with Gasteiger partial charge in [-0.3, -0.25) is 0 Å². The summed E-state index contributed by atoms with van der Waals surface area (Å²) in [5.41, 5.74) is -0.937. The van der Waals surface area contributed by atoms with Gasteiger partial charge < -0.3 is 23.8 Å². The summed E-state index contributed by atoms with van der Waals surface area (Å²) >= 11 is 11.7. The molecule has 0 bridgehead atoms. The van der Waals surface area contributed by atoms with Crippen LogP contribution in [0.2, 0.25) is 10.0 Å². The molecule has 2 atom stereocenters. The number of alkyl halides is 3. The highest BCUT2D eigenvalue weighted by molar-refractivity contribution is 6.36. The number of fused-ring (bicyclic) bond motifs is 1. The molecular weight excluding hydrogens is 478 g/mol. The van der Waals surface area contributed by atoms with Gasteiger partial charge in [0.05, 0.1) is 10.6 Å². The van der Waals surface area contributed by atoms with Crippen molar-refractivity contribution in [1.29, 1.82) is 0 Å². The van der Waals surface area contributed by atoms with E-state index in [1.807, 2.05) is 0 Å². The molecule has 2 rings (SSSR count). The van der Waals surface area contributed by atoms with Gasteiger partial charge in [-0.2, -0.15) is 13.2 Å². The van der Waals surface area contributed by atoms with E-state index in [9.17, 15) is 32.9 Å². The van der Waals surface area contributed by atoms with Crippen LogP contribution in [0.15, 0.2) is 17.7 Å². The summed E-state index contributed by atoms with van der Waals surface area (Å²) < 4.78 is 58.4. The maximum atomic E-state index is 13.4. The summed E-state index contributed by atoms with van der Waals surface area (Å²) in [6.07, 6.45) is -9.36. The Bertz CT molecular complexity index is 907. The number of benzene rings is 1. The van der Waals surface area contributed by atoms with Crippen LogP contribution in [0.25, 0.3) is 6.08 Å². The van der Waals surface area contributed by atoms with E-state index < -0.39 is 54.6 Å². The number of ether oxygens (including phenoxy) is 4. The molecule has 0 fully saturated rings. The fraction of sp³-hybridized carbons (Fsp3) is 0.375. The van der Waals surface area contributed by atoms with Crippen molar-refractivity contribution in [1.82, 2.24) is 0 Å². The topological polar surface area (TPSA) is 123 Å². The number of nitrogens with zero attached hydrogens (tertiary/aromatic N) is 1. The second-order valence-electron chi connectivity index (χ2n) is 5.84. The molecule has 0 unspecified atom stereocenters. The lowest BCUT2D eigenvalue weighted by atomic mass is 10.0.